The highest BCUT2D eigenvalue weighted by atomic mass is 79.9. The Kier molecular flexibility index (Phi) is 2.28. The van der Waals surface area contributed by atoms with Gasteiger partial charge in [0.25, 0.3) is 0 Å². The molecule has 0 saturated heterocycles. The predicted molar refractivity (Wildman–Crippen MR) is 47.7 cm³/mol. The lowest BCUT2D eigenvalue weighted by Crippen LogP contribution is -2.30. The molecular weight excluding hydrogens is 263 g/mol. The maximum Gasteiger partial charge on any atom is 0.392 e. The summed E-state index contributed by atoms with van der Waals surface area (Å²) in [5, 5.41) is 11.6. The van der Waals surface area contributed by atoms with Crippen molar-refractivity contribution in [3.05, 3.63) is 0 Å². The van der Waals surface area contributed by atoms with Gasteiger partial charge < -0.3 is 5.21 Å². The summed E-state index contributed by atoms with van der Waals surface area (Å²) in [5.74, 6) is -1.93. The van der Waals surface area contributed by atoms with E-state index < -0.39 is 18.0 Å². The van der Waals surface area contributed by atoms with Crippen LogP contribution in [0.2, 0.25) is 0 Å². The van der Waals surface area contributed by atoms with Gasteiger partial charge in [-0.15, -0.1) is 0 Å². The third kappa shape index (κ3) is 1.34. The van der Waals surface area contributed by atoms with Gasteiger partial charge in [-0.3, -0.25) is 0 Å². The smallest absolute Gasteiger partial charge is 0.392 e. The summed E-state index contributed by atoms with van der Waals surface area (Å²) in [5.41, 5.74) is 0.511. The minimum absolute atomic E-state index is 0.0590. The first-order valence-corrected chi connectivity index (χ1v) is 5.28. The Hall–Kier alpha value is -0.260. The lowest BCUT2D eigenvalue weighted by Gasteiger charge is -2.24. The van der Waals surface area contributed by atoms with E-state index in [2.05, 4.69) is 21.1 Å². The second-order valence-electron chi connectivity index (χ2n) is 3.89. The molecule has 1 N–H and O–H groups in total. The number of rotatable bonds is 0. The van der Waals surface area contributed by atoms with E-state index in [1.165, 1.54) is 0 Å². The summed E-state index contributed by atoms with van der Waals surface area (Å²) in [7, 11) is 0. The van der Waals surface area contributed by atoms with Crippen molar-refractivity contribution >= 4 is 21.6 Å². The van der Waals surface area contributed by atoms with Crippen LogP contribution >= 0.6 is 15.9 Å². The van der Waals surface area contributed by atoms with Crippen LogP contribution in [0.25, 0.3) is 0 Å². The number of halogens is 4. The highest BCUT2D eigenvalue weighted by Gasteiger charge is 2.59. The standard InChI is InChI=1S/C8H9BrF3NO/c9-7-3-2-6(13-14)4(7)1-5(3)8(10,11)12/h3-5,7,14H,1-2H2. The fraction of sp³-hybridized carbons (Fsp3) is 0.875. The molecular formula is C8H9BrF3NO. The zero-order valence-corrected chi connectivity index (χ0v) is 8.72. The molecule has 0 spiro atoms. The van der Waals surface area contributed by atoms with E-state index >= 15 is 0 Å². The average molecular weight is 272 g/mol. The van der Waals surface area contributed by atoms with Gasteiger partial charge in [0.05, 0.1) is 11.6 Å². The molecule has 2 saturated carbocycles. The molecule has 4 unspecified atom stereocenters. The molecule has 80 valence electrons. The third-order valence-corrected chi connectivity index (χ3v) is 4.56. The number of hydrogen-bond acceptors (Lipinski definition) is 2. The van der Waals surface area contributed by atoms with Crippen molar-refractivity contribution in [2.75, 3.05) is 0 Å². The average Bonchev–Trinajstić information content (AvgIpc) is 2.57. The van der Waals surface area contributed by atoms with Crippen molar-refractivity contribution in [2.24, 2.45) is 22.9 Å². The molecule has 14 heavy (non-hydrogen) atoms. The fourth-order valence-electron chi connectivity index (χ4n) is 2.56. The molecule has 2 aliphatic carbocycles. The maximum atomic E-state index is 12.5. The van der Waals surface area contributed by atoms with Crippen LogP contribution in [0.1, 0.15) is 12.8 Å². The first kappa shape index (κ1) is 10.3. The topological polar surface area (TPSA) is 32.6 Å². The van der Waals surface area contributed by atoms with Gasteiger partial charge in [0.1, 0.15) is 0 Å². The van der Waals surface area contributed by atoms with Crippen molar-refractivity contribution in [1.82, 2.24) is 0 Å². The second-order valence-corrected chi connectivity index (χ2v) is 4.95. The van der Waals surface area contributed by atoms with Crippen molar-refractivity contribution < 1.29 is 18.4 Å². The Morgan fingerprint density at radius 3 is 2.43 bits per heavy atom. The van der Waals surface area contributed by atoms with Crippen LogP contribution in [0.4, 0.5) is 13.2 Å². The van der Waals surface area contributed by atoms with Crippen molar-refractivity contribution in [3.8, 4) is 0 Å². The van der Waals surface area contributed by atoms with Gasteiger partial charge in [-0.1, -0.05) is 21.1 Å². The Morgan fingerprint density at radius 2 is 2.07 bits per heavy atom. The summed E-state index contributed by atoms with van der Waals surface area (Å²) in [6, 6.07) is 0. The highest BCUT2D eigenvalue weighted by Crippen LogP contribution is 2.55. The first-order chi connectivity index (χ1) is 6.45. The Morgan fingerprint density at radius 1 is 1.43 bits per heavy atom. The molecule has 2 bridgehead atoms. The molecule has 2 nitrogen and oxygen atoms in total. The van der Waals surface area contributed by atoms with Crippen molar-refractivity contribution in [1.29, 1.82) is 0 Å². The quantitative estimate of drug-likeness (QED) is 0.410. The molecule has 0 aromatic carbocycles. The number of oxime groups is 1. The maximum absolute atomic E-state index is 12.5. The largest absolute Gasteiger partial charge is 0.411 e. The van der Waals surface area contributed by atoms with E-state index in [9.17, 15) is 13.2 Å². The van der Waals surface area contributed by atoms with Gasteiger partial charge in [-0.2, -0.15) is 13.2 Å². The van der Waals surface area contributed by atoms with Crippen molar-refractivity contribution in [2.45, 2.75) is 23.8 Å². The van der Waals surface area contributed by atoms with Crippen LogP contribution in [0.15, 0.2) is 5.16 Å². The minimum atomic E-state index is -4.12. The van der Waals surface area contributed by atoms with Crippen LogP contribution in [0.3, 0.4) is 0 Å². The molecule has 0 aromatic heterocycles. The molecule has 2 fully saturated rings. The van der Waals surface area contributed by atoms with Gasteiger partial charge in [0, 0.05) is 10.7 Å². The molecule has 6 heteroatoms. The van der Waals surface area contributed by atoms with Crippen LogP contribution in [-0.2, 0) is 0 Å². The van der Waals surface area contributed by atoms with Gasteiger partial charge >= 0.3 is 6.18 Å². The summed E-state index contributed by atoms with van der Waals surface area (Å²) in [6.07, 6.45) is -3.79. The van der Waals surface area contributed by atoms with E-state index in [0.29, 0.717) is 5.71 Å². The summed E-state index contributed by atoms with van der Waals surface area (Å²) in [4.78, 5) is -0.181. The van der Waals surface area contributed by atoms with Gasteiger partial charge in [-0.25, -0.2) is 0 Å². The number of fused-ring (bicyclic) bond motifs is 2. The number of alkyl halides is 4. The van der Waals surface area contributed by atoms with Gasteiger partial charge in [0.15, 0.2) is 0 Å². The minimum Gasteiger partial charge on any atom is -0.411 e. The van der Waals surface area contributed by atoms with Crippen LogP contribution in [0, 0.1) is 17.8 Å². The molecule has 2 aliphatic rings. The molecule has 4 atom stereocenters. The van der Waals surface area contributed by atoms with E-state index in [0.717, 1.165) is 0 Å². The van der Waals surface area contributed by atoms with Crippen LogP contribution < -0.4 is 0 Å². The third-order valence-electron chi connectivity index (χ3n) is 3.24. The zero-order valence-electron chi connectivity index (χ0n) is 7.13. The fourth-order valence-corrected chi connectivity index (χ4v) is 3.63. The zero-order chi connectivity index (χ0) is 10.5. The summed E-state index contributed by atoms with van der Waals surface area (Å²) < 4.78 is 37.5. The normalized spacial score (nSPS) is 45.0. The molecule has 0 radical (unpaired) electrons. The lowest BCUT2D eigenvalue weighted by molar-refractivity contribution is -0.183. The Labute approximate surface area is 87.3 Å². The molecule has 0 amide bonds. The molecule has 0 aliphatic heterocycles. The molecule has 2 rings (SSSR count). The predicted octanol–water partition coefficient (Wildman–Crippen LogP) is 2.80. The van der Waals surface area contributed by atoms with Gasteiger partial charge in [-0.05, 0) is 18.8 Å². The Balaban J connectivity index is 2.20. The SMILES string of the molecule is ON=C1CC2C(Br)C1CC2C(F)(F)F. The molecule has 0 heterocycles. The van der Waals surface area contributed by atoms with Crippen LogP contribution in [-0.4, -0.2) is 21.9 Å². The number of hydrogen-bond donors (Lipinski definition) is 1. The van der Waals surface area contributed by atoms with Crippen molar-refractivity contribution in [3.63, 3.8) is 0 Å². The van der Waals surface area contributed by atoms with Gasteiger partial charge in [0.2, 0.25) is 0 Å². The van der Waals surface area contributed by atoms with Crippen LogP contribution in [0.5, 0.6) is 0 Å². The van der Waals surface area contributed by atoms with E-state index in [1.54, 1.807) is 0 Å². The molecule has 0 aromatic rings. The van der Waals surface area contributed by atoms with E-state index in [1.807, 2.05) is 0 Å². The Bertz CT molecular complexity index is 278. The summed E-state index contributed by atoms with van der Waals surface area (Å²) in [6.45, 7) is 0. The van der Waals surface area contributed by atoms with E-state index in [-0.39, 0.29) is 23.6 Å². The first-order valence-electron chi connectivity index (χ1n) is 4.36. The highest BCUT2D eigenvalue weighted by molar-refractivity contribution is 9.09. The summed E-state index contributed by atoms with van der Waals surface area (Å²) >= 11 is 3.25. The van der Waals surface area contributed by atoms with E-state index in [4.69, 9.17) is 5.21 Å². The second kappa shape index (κ2) is 3.12. The monoisotopic (exact) mass is 271 g/mol. The lowest BCUT2D eigenvalue weighted by atomic mass is 9.87. The number of nitrogens with zero attached hydrogens (tertiary/aromatic N) is 1.